The number of nitro groups is 1. The van der Waals surface area contributed by atoms with Gasteiger partial charge in [0.1, 0.15) is 12.6 Å². The molecule has 2 N–H and O–H groups in total. The average Bonchev–Trinajstić information content (AvgIpc) is 2.98. The third kappa shape index (κ3) is 7.11. The highest BCUT2D eigenvalue weighted by molar-refractivity contribution is 5.86. The molecule has 0 saturated carbocycles. The fourth-order valence-corrected chi connectivity index (χ4v) is 3.85. The Morgan fingerprint density at radius 1 is 0.949 bits per heavy atom. The number of methoxy groups -OCH3 is 1. The first kappa shape index (κ1) is 26.7. The lowest BCUT2D eigenvalue weighted by atomic mass is 10.0. The van der Waals surface area contributed by atoms with E-state index in [2.05, 4.69) is 16.7 Å². The van der Waals surface area contributed by atoms with Crippen LogP contribution in [-0.2, 0) is 17.9 Å². The van der Waals surface area contributed by atoms with Crippen LogP contribution in [0.3, 0.4) is 0 Å². The van der Waals surface area contributed by atoms with Crippen molar-refractivity contribution in [2.45, 2.75) is 19.2 Å². The zero-order valence-corrected chi connectivity index (χ0v) is 21.2. The minimum atomic E-state index is -0.812. The number of rotatable bonds is 11. The van der Waals surface area contributed by atoms with Gasteiger partial charge in [-0.05, 0) is 53.1 Å². The van der Waals surface area contributed by atoms with Crippen LogP contribution in [0.5, 0.6) is 11.5 Å². The Hall–Kier alpha value is -5.36. The van der Waals surface area contributed by atoms with Gasteiger partial charge in [0.15, 0.2) is 11.5 Å². The maximum atomic E-state index is 13.4. The van der Waals surface area contributed by atoms with Crippen molar-refractivity contribution in [3.05, 3.63) is 129 Å². The second kappa shape index (κ2) is 12.7. The Kier molecular flexibility index (Phi) is 8.72. The number of hydrogen-bond acceptors (Lipinski definition) is 7. The number of nitrogens with one attached hydrogen (secondary N) is 2. The quantitative estimate of drug-likeness (QED) is 0.196. The second-order valence-corrected chi connectivity index (χ2v) is 8.59. The minimum absolute atomic E-state index is 0.0212. The second-order valence-electron chi connectivity index (χ2n) is 8.59. The van der Waals surface area contributed by atoms with Crippen LogP contribution in [0.4, 0.5) is 11.4 Å². The molecule has 0 unspecified atom stereocenters. The van der Waals surface area contributed by atoms with Gasteiger partial charge in [-0.15, -0.1) is 0 Å². The molecule has 4 aromatic carbocycles. The van der Waals surface area contributed by atoms with Crippen LogP contribution in [0, 0.1) is 21.4 Å². The van der Waals surface area contributed by atoms with Gasteiger partial charge < -0.3 is 20.1 Å². The van der Waals surface area contributed by atoms with Gasteiger partial charge in [-0.2, -0.15) is 5.26 Å². The summed E-state index contributed by atoms with van der Waals surface area (Å²) >= 11 is 0. The van der Waals surface area contributed by atoms with Crippen LogP contribution >= 0.6 is 0 Å². The zero-order valence-electron chi connectivity index (χ0n) is 21.2. The number of hydrogen-bond donors (Lipinski definition) is 2. The van der Waals surface area contributed by atoms with E-state index in [9.17, 15) is 14.9 Å². The third-order valence-corrected chi connectivity index (χ3v) is 5.96. The summed E-state index contributed by atoms with van der Waals surface area (Å²) < 4.78 is 11.5. The van der Waals surface area contributed by atoms with Crippen molar-refractivity contribution in [1.29, 1.82) is 5.26 Å². The molecule has 1 amide bonds. The monoisotopic (exact) mass is 522 g/mol. The zero-order chi connectivity index (χ0) is 27.6. The lowest BCUT2D eigenvalue weighted by Gasteiger charge is -2.21. The van der Waals surface area contributed by atoms with E-state index in [1.807, 2.05) is 30.3 Å². The molecule has 0 spiro atoms. The summed E-state index contributed by atoms with van der Waals surface area (Å²) in [4.78, 5) is 23.9. The fraction of sp³-hybridized carbons (Fsp3) is 0.133. The summed E-state index contributed by atoms with van der Waals surface area (Å²) in [6.45, 7) is 0.539. The maximum absolute atomic E-state index is 13.4. The molecule has 0 aliphatic heterocycles. The maximum Gasteiger partial charge on any atom is 0.269 e. The van der Waals surface area contributed by atoms with E-state index < -0.39 is 11.0 Å². The largest absolute Gasteiger partial charge is 0.493 e. The van der Waals surface area contributed by atoms with Crippen molar-refractivity contribution in [2.24, 2.45) is 0 Å². The SMILES string of the molecule is COc1cc([C@@H](Nc2ccc(C#N)cc2)C(=O)NCc2ccc([N+](=O)[O-])cc2)ccc1OCc1ccccc1. The predicted octanol–water partition coefficient (Wildman–Crippen LogP) is 5.52. The van der Waals surface area contributed by atoms with Crippen LogP contribution in [0.1, 0.15) is 28.3 Å². The molecule has 0 heterocycles. The van der Waals surface area contributed by atoms with Crippen LogP contribution in [0.25, 0.3) is 0 Å². The molecular formula is C30H26N4O5. The number of non-ortho nitro benzene ring substituents is 1. The highest BCUT2D eigenvalue weighted by atomic mass is 16.6. The molecule has 0 bridgehead atoms. The molecule has 0 fully saturated rings. The molecule has 39 heavy (non-hydrogen) atoms. The third-order valence-electron chi connectivity index (χ3n) is 5.96. The molecule has 0 radical (unpaired) electrons. The predicted molar refractivity (Wildman–Crippen MR) is 146 cm³/mol. The van der Waals surface area contributed by atoms with Gasteiger partial charge in [0.2, 0.25) is 5.91 Å². The van der Waals surface area contributed by atoms with E-state index in [0.29, 0.717) is 40.5 Å². The van der Waals surface area contributed by atoms with Crippen molar-refractivity contribution in [1.82, 2.24) is 5.32 Å². The van der Waals surface area contributed by atoms with E-state index in [1.54, 1.807) is 54.6 Å². The number of carbonyl (C=O) groups excluding carboxylic acids is 1. The molecule has 0 saturated heterocycles. The number of anilines is 1. The highest BCUT2D eigenvalue weighted by Crippen LogP contribution is 2.32. The Bertz CT molecular complexity index is 1470. The smallest absolute Gasteiger partial charge is 0.269 e. The lowest BCUT2D eigenvalue weighted by Crippen LogP contribution is -2.33. The van der Waals surface area contributed by atoms with Crippen LogP contribution in [0.2, 0.25) is 0 Å². The summed E-state index contributed by atoms with van der Waals surface area (Å²) in [6.07, 6.45) is 0. The van der Waals surface area contributed by atoms with Crippen molar-refractivity contribution in [3.63, 3.8) is 0 Å². The Morgan fingerprint density at radius 3 is 2.31 bits per heavy atom. The van der Waals surface area contributed by atoms with Gasteiger partial charge in [-0.1, -0.05) is 48.5 Å². The fourth-order valence-electron chi connectivity index (χ4n) is 3.85. The van der Waals surface area contributed by atoms with Gasteiger partial charge in [-0.3, -0.25) is 14.9 Å². The van der Waals surface area contributed by atoms with Crippen molar-refractivity contribution >= 4 is 17.3 Å². The summed E-state index contributed by atoms with van der Waals surface area (Å²) in [5.74, 6) is 0.685. The van der Waals surface area contributed by atoms with Crippen molar-refractivity contribution < 1.29 is 19.2 Å². The number of benzene rings is 4. The van der Waals surface area contributed by atoms with Gasteiger partial charge >= 0.3 is 0 Å². The number of nitrogens with zero attached hydrogens (tertiary/aromatic N) is 2. The van der Waals surface area contributed by atoms with E-state index >= 15 is 0 Å². The summed E-state index contributed by atoms with van der Waals surface area (Å²) in [5, 5.41) is 26.1. The van der Waals surface area contributed by atoms with Crippen LogP contribution in [-0.4, -0.2) is 17.9 Å². The van der Waals surface area contributed by atoms with Crippen molar-refractivity contribution in [2.75, 3.05) is 12.4 Å². The van der Waals surface area contributed by atoms with Crippen LogP contribution < -0.4 is 20.1 Å². The summed E-state index contributed by atoms with van der Waals surface area (Å²) in [5.41, 5.74) is 3.48. The number of amides is 1. The highest BCUT2D eigenvalue weighted by Gasteiger charge is 2.22. The first-order chi connectivity index (χ1) is 19.0. The molecule has 9 heteroatoms. The van der Waals surface area contributed by atoms with E-state index in [-0.39, 0.29) is 18.1 Å². The average molecular weight is 523 g/mol. The molecule has 9 nitrogen and oxygen atoms in total. The van der Waals surface area contributed by atoms with Gasteiger partial charge in [0.25, 0.3) is 5.69 Å². The molecule has 4 rings (SSSR count). The van der Waals surface area contributed by atoms with E-state index in [4.69, 9.17) is 14.7 Å². The number of carbonyl (C=O) groups is 1. The number of ether oxygens (including phenoxy) is 2. The van der Waals surface area contributed by atoms with E-state index in [0.717, 1.165) is 5.56 Å². The molecule has 0 aliphatic rings. The van der Waals surface area contributed by atoms with E-state index in [1.165, 1.54) is 19.2 Å². The molecule has 1 atom stereocenters. The number of nitro benzene ring substituents is 1. The molecule has 196 valence electrons. The lowest BCUT2D eigenvalue weighted by molar-refractivity contribution is -0.384. The van der Waals surface area contributed by atoms with Crippen molar-refractivity contribution in [3.8, 4) is 17.6 Å². The summed E-state index contributed by atoms with van der Waals surface area (Å²) in [6, 6.07) is 29.1. The topological polar surface area (TPSA) is 127 Å². The Morgan fingerprint density at radius 2 is 1.67 bits per heavy atom. The molecule has 4 aromatic rings. The molecular weight excluding hydrogens is 496 g/mol. The first-order valence-electron chi connectivity index (χ1n) is 12.1. The molecule has 0 aliphatic carbocycles. The van der Waals surface area contributed by atoms with Crippen LogP contribution in [0.15, 0.2) is 97.1 Å². The normalized spacial score (nSPS) is 11.1. The standard InChI is InChI=1S/C30H26N4O5/c1-38-28-17-24(11-16-27(28)39-20-23-5-3-2-4-6-23)29(33-25-12-7-21(18-31)8-13-25)30(35)32-19-22-9-14-26(15-10-22)34(36)37/h2-17,29,33H,19-20H2,1H3,(H,32,35)/t29-/m1/s1. The van der Waals surface area contributed by atoms with Gasteiger partial charge in [0.05, 0.1) is 23.7 Å². The first-order valence-corrected chi connectivity index (χ1v) is 12.1. The Balaban J connectivity index is 1.55. The van der Waals surface area contributed by atoms with Gasteiger partial charge in [0, 0.05) is 24.4 Å². The minimum Gasteiger partial charge on any atom is -0.493 e. The summed E-state index contributed by atoms with van der Waals surface area (Å²) in [7, 11) is 1.53. The Labute approximate surface area is 225 Å². The van der Waals surface area contributed by atoms with Gasteiger partial charge in [-0.25, -0.2) is 0 Å². The number of nitriles is 1. The molecule has 0 aromatic heterocycles.